The Hall–Kier alpha value is -2.29. The van der Waals surface area contributed by atoms with E-state index in [1.807, 2.05) is 0 Å². The van der Waals surface area contributed by atoms with Crippen molar-refractivity contribution in [2.24, 2.45) is 21.9 Å². The van der Waals surface area contributed by atoms with E-state index in [0.29, 0.717) is 0 Å². The maximum atomic E-state index is 12.7. The molecule has 1 aromatic rings. The van der Waals surface area contributed by atoms with Crippen LogP contribution in [0.2, 0.25) is 5.15 Å². The molecule has 0 bridgehead atoms. The molecule has 0 radical (unpaired) electrons. The number of halogens is 4. The van der Waals surface area contributed by atoms with E-state index in [9.17, 15) is 18.0 Å². The van der Waals surface area contributed by atoms with Crippen molar-refractivity contribution in [3.05, 3.63) is 34.8 Å². The average Bonchev–Trinajstić information content (AvgIpc) is 3.25. The fourth-order valence-electron chi connectivity index (χ4n) is 1.80. The molecule has 4 N–H and O–H groups in total. The van der Waals surface area contributed by atoms with E-state index >= 15 is 0 Å². The van der Waals surface area contributed by atoms with Gasteiger partial charge in [-0.3, -0.25) is 4.79 Å². The van der Waals surface area contributed by atoms with E-state index in [-0.39, 0.29) is 35.3 Å². The van der Waals surface area contributed by atoms with Crippen LogP contribution in [-0.4, -0.2) is 29.9 Å². The molecule has 1 fully saturated rings. The summed E-state index contributed by atoms with van der Waals surface area (Å²) in [5.74, 6) is -0.753. The summed E-state index contributed by atoms with van der Waals surface area (Å²) in [6, 6.07) is 2.75. The standard InChI is InChI=1S/C14H14ClF3N4O2/c15-11-8(12(20)23)1-2-10(22-11)21-6-3-9(19)24-7-13(4-5-13)14(16,17)18/h1-3,6H,4-5,7,19H2,(H2,20,23). The van der Waals surface area contributed by atoms with Gasteiger partial charge < -0.3 is 16.2 Å². The number of amides is 1. The molecule has 0 spiro atoms. The lowest BCUT2D eigenvalue weighted by Crippen LogP contribution is -2.29. The first-order chi connectivity index (χ1) is 11.1. The van der Waals surface area contributed by atoms with E-state index in [2.05, 4.69) is 9.98 Å². The second kappa shape index (κ2) is 6.68. The highest BCUT2D eigenvalue weighted by Gasteiger charge is 2.63. The third-order valence-corrected chi connectivity index (χ3v) is 3.80. The normalized spacial score (nSPS) is 17.1. The number of pyridine rings is 1. The van der Waals surface area contributed by atoms with Crippen LogP contribution in [0.1, 0.15) is 23.2 Å². The van der Waals surface area contributed by atoms with Crippen LogP contribution in [0.25, 0.3) is 0 Å². The topological polar surface area (TPSA) is 104 Å². The number of ether oxygens (including phenoxy) is 1. The summed E-state index contributed by atoms with van der Waals surface area (Å²) >= 11 is 5.76. The van der Waals surface area contributed by atoms with E-state index in [1.54, 1.807) is 0 Å². The van der Waals surface area contributed by atoms with Crippen LogP contribution in [0.3, 0.4) is 0 Å². The van der Waals surface area contributed by atoms with Gasteiger partial charge in [0.2, 0.25) is 0 Å². The molecule has 1 amide bonds. The Morgan fingerprint density at radius 1 is 1.42 bits per heavy atom. The highest BCUT2D eigenvalue weighted by Crippen LogP contribution is 2.57. The first kappa shape index (κ1) is 18.1. The zero-order valence-corrected chi connectivity index (χ0v) is 13.1. The molecule has 1 heterocycles. The fourth-order valence-corrected chi connectivity index (χ4v) is 2.04. The summed E-state index contributed by atoms with van der Waals surface area (Å²) in [5.41, 5.74) is 8.83. The Bertz CT molecular complexity index is 700. The molecule has 0 atom stereocenters. The number of nitrogens with two attached hydrogens (primary N) is 2. The Morgan fingerprint density at radius 2 is 2.08 bits per heavy atom. The highest BCUT2D eigenvalue weighted by molar-refractivity contribution is 6.32. The van der Waals surface area contributed by atoms with Crippen LogP contribution >= 0.6 is 11.6 Å². The van der Waals surface area contributed by atoms with Crippen molar-refractivity contribution in [2.45, 2.75) is 19.0 Å². The lowest BCUT2D eigenvalue weighted by molar-refractivity contribution is -0.198. The van der Waals surface area contributed by atoms with E-state index in [0.717, 1.165) is 0 Å². The van der Waals surface area contributed by atoms with Crippen LogP contribution in [0, 0.1) is 5.41 Å². The number of aromatic nitrogens is 1. The van der Waals surface area contributed by atoms with Crippen molar-refractivity contribution in [1.29, 1.82) is 0 Å². The third kappa shape index (κ3) is 4.16. The molecular formula is C14H14ClF3N4O2. The van der Waals surface area contributed by atoms with Gasteiger partial charge in [-0.05, 0) is 25.0 Å². The second-order valence-electron chi connectivity index (χ2n) is 5.29. The SMILES string of the molecule is NC(=O)c1ccc(N=CC=C(N)OCC2(C(F)(F)F)CC2)nc1Cl. The predicted octanol–water partition coefficient (Wildman–Crippen LogP) is 2.70. The van der Waals surface area contributed by atoms with Gasteiger partial charge in [0.15, 0.2) is 11.7 Å². The number of rotatable bonds is 6. The van der Waals surface area contributed by atoms with Gasteiger partial charge in [-0.1, -0.05) is 11.6 Å². The molecule has 10 heteroatoms. The minimum absolute atomic E-state index is 0.0342. The molecule has 1 saturated carbocycles. The molecule has 6 nitrogen and oxygen atoms in total. The van der Waals surface area contributed by atoms with Gasteiger partial charge in [0.25, 0.3) is 5.91 Å². The van der Waals surface area contributed by atoms with Crippen molar-refractivity contribution in [2.75, 3.05) is 6.61 Å². The number of carbonyl (C=O) groups is 1. The maximum absolute atomic E-state index is 12.7. The van der Waals surface area contributed by atoms with Crippen LogP contribution in [-0.2, 0) is 4.74 Å². The number of alkyl halides is 3. The number of aliphatic imine (C=N–C) groups is 1. The van der Waals surface area contributed by atoms with Crippen LogP contribution in [0.4, 0.5) is 19.0 Å². The number of primary amides is 1. The summed E-state index contributed by atoms with van der Waals surface area (Å²) in [7, 11) is 0. The minimum atomic E-state index is -4.30. The van der Waals surface area contributed by atoms with Gasteiger partial charge in [-0.2, -0.15) is 13.2 Å². The predicted molar refractivity (Wildman–Crippen MR) is 81.9 cm³/mol. The smallest absolute Gasteiger partial charge is 0.397 e. The third-order valence-electron chi connectivity index (χ3n) is 3.52. The number of allylic oxidation sites excluding steroid dienone is 1. The quantitative estimate of drug-likeness (QED) is 0.461. The van der Waals surface area contributed by atoms with Crippen LogP contribution < -0.4 is 11.5 Å². The van der Waals surface area contributed by atoms with Gasteiger partial charge in [0.05, 0.1) is 5.56 Å². The van der Waals surface area contributed by atoms with Gasteiger partial charge >= 0.3 is 6.18 Å². The van der Waals surface area contributed by atoms with E-state index in [1.165, 1.54) is 24.4 Å². The summed E-state index contributed by atoms with van der Waals surface area (Å²) in [6.07, 6.45) is -1.83. The molecule has 2 rings (SSSR count). The Labute approximate surface area is 140 Å². The first-order valence-electron chi connectivity index (χ1n) is 6.80. The molecule has 0 aliphatic heterocycles. The van der Waals surface area contributed by atoms with Crippen molar-refractivity contribution in [1.82, 2.24) is 4.98 Å². The van der Waals surface area contributed by atoms with Crippen molar-refractivity contribution >= 4 is 29.5 Å². The molecule has 0 unspecified atom stereocenters. The van der Waals surface area contributed by atoms with Crippen LogP contribution in [0.15, 0.2) is 29.1 Å². The summed E-state index contributed by atoms with van der Waals surface area (Å²) in [5, 5.41) is -0.105. The number of nitrogens with zero attached hydrogens (tertiary/aromatic N) is 2. The lowest BCUT2D eigenvalue weighted by atomic mass is 10.1. The van der Waals surface area contributed by atoms with Gasteiger partial charge in [0.1, 0.15) is 17.2 Å². The fraction of sp³-hybridized carbons (Fsp3) is 0.357. The molecule has 1 aliphatic rings. The zero-order valence-electron chi connectivity index (χ0n) is 12.3. The van der Waals surface area contributed by atoms with Crippen molar-refractivity contribution in [3.63, 3.8) is 0 Å². The summed E-state index contributed by atoms with van der Waals surface area (Å²) in [6.45, 7) is -0.524. The largest absolute Gasteiger partial charge is 0.478 e. The molecule has 130 valence electrons. The molecule has 0 aromatic carbocycles. The summed E-state index contributed by atoms with van der Waals surface area (Å²) < 4.78 is 43.1. The molecule has 24 heavy (non-hydrogen) atoms. The number of hydrogen-bond acceptors (Lipinski definition) is 5. The second-order valence-corrected chi connectivity index (χ2v) is 5.64. The van der Waals surface area contributed by atoms with Gasteiger partial charge in [-0.25, -0.2) is 9.98 Å². The van der Waals surface area contributed by atoms with Gasteiger partial charge in [0, 0.05) is 12.3 Å². The molecular weight excluding hydrogens is 349 g/mol. The monoisotopic (exact) mass is 362 g/mol. The van der Waals surface area contributed by atoms with Gasteiger partial charge in [-0.15, -0.1) is 0 Å². The Kier molecular flexibility index (Phi) is 5.02. The summed E-state index contributed by atoms with van der Waals surface area (Å²) in [4.78, 5) is 18.7. The molecule has 1 aromatic heterocycles. The number of carbonyl (C=O) groups excluding carboxylic acids is 1. The molecule has 1 aliphatic carbocycles. The lowest BCUT2D eigenvalue weighted by Gasteiger charge is -2.19. The van der Waals surface area contributed by atoms with E-state index < -0.39 is 24.1 Å². The Morgan fingerprint density at radius 3 is 2.58 bits per heavy atom. The molecule has 0 saturated heterocycles. The Balaban J connectivity index is 1.94. The van der Waals surface area contributed by atoms with Crippen LogP contribution in [0.5, 0.6) is 0 Å². The first-order valence-corrected chi connectivity index (χ1v) is 7.18. The van der Waals surface area contributed by atoms with Crippen molar-refractivity contribution in [3.8, 4) is 0 Å². The van der Waals surface area contributed by atoms with Crippen molar-refractivity contribution < 1.29 is 22.7 Å². The van der Waals surface area contributed by atoms with E-state index in [4.69, 9.17) is 27.8 Å². The maximum Gasteiger partial charge on any atom is 0.397 e. The number of hydrogen-bond donors (Lipinski definition) is 2. The minimum Gasteiger partial charge on any atom is -0.478 e. The highest BCUT2D eigenvalue weighted by atomic mass is 35.5. The zero-order chi connectivity index (χ0) is 18.0. The average molecular weight is 363 g/mol.